The van der Waals surface area contributed by atoms with Gasteiger partial charge in [0.15, 0.2) is 0 Å². The van der Waals surface area contributed by atoms with Crippen LogP contribution in [0.25, 0.3) is 11.1 Å². The number of ether oxygens (including phenoxy) is 2. The number of esters is 1. The number of aryl methyl sites for hydroxylation is 2. The van der Waals surface area contributed by atoms with Gasteiger partial charge in [0.1, 0.15) is 18.0 Å². The van der Waals surface area contributed by atoms with Crippen molar-refractivity contribution in [2.75, 3.05) is 6.54 Å². The molecule has 1 unspecified atom stereocenters. The molecule has 11 heteroatoms. The third kappa shape index (κ3) is 6.15. The van der Waals surface area contributed by atoms with Crippen LogP contribution < -0.4 is 0 Å². The van der Waals surface area contributed by atoms with Crippen LogP contribution in [0, 0.1) is 11.7 Å². The summed E-state index contributed by atoms with van der Waals surface area (Å²) in [4.78, 5) is 56.4. The van der Waals surface area contributed by atoms with E-state index in [0.29, 0.717) is 49.7 Å². The van der Waals surface area contributed by atoms with Crippen molar-refractivity contribution in [2.24, 2.45) is 13.0 Å². The Hall–Kier alpha value is -4.54. The van der Waals surface area contributed by atoms with Crippen LogP contribution in [-0.4, -0.2) is 61.6 Å². The number of rotatable bonds is 7. The van der Waals surface area contributed by atoms with E-state index in [0.717, 1.165) is 21.6 Å². The molecule has 3 aliphatic rings. The smallest absolute Gasteiger partial charge is 0.418 e. The van der Waals surface area contributed by atoms with Gasteiger partial charge >= 0.3 is 12.1 Å². The van der Waals surface area contributed by atoms with Gasteiger partial charge in [0, 0.05) is 43.4 Å². The van der Waals surface area contributed by atoms with Gasteiger partial charge in [0.05, 0.1) is 12.1 Å². The van der Waals surface area contributed by atoms with E-state index in [1.54, 1.807) is 27.9 Å². The van der Waals surface area contributed by atoms with Gasteiger partial charge in [-0.15, -0.1) is 0 Å². The third-order valence-electron chi connectivity index (χ3n) is 9.15. The van der Waals surface area contributed by atoms with Crippen LogP contribution in [0.3, 0.4) is 0 Å². The van der Waals surface area contributed by atoms with Crippen molar-refractivity contribution in [2.45, 2.75) is 83.1 Å². The molecule has 6 rings (SSSR count). The Kier molecular flexibility index (Phi) is 8.20. The highest BCUT2D eigenvalue weighted by atomic mass is 19.1. The Bertz CT molecular complexity index is 1670. The zero-order valence-electron chi connectivity index (χ0n) is 26.6. The molecule has 46 heavy (non-hydrogen) atoms. The Balaban J connectivity index is 1.19. The average Bonchev–Trinajstić information content (AvgIpc) is 3.68. The zero-order valence-corrected chi connectivity index (χ0v) is 26.6. The second kappa shape index (κ2) is 12.0. The lowest BCUT2D eigenvalue weighted by Crippen LogP contribution is -2.49. The van der Waals surface area contributed by atoms with Crippen molar-refractivity contribution >= 4 is 23.9 Å². The van der Waals surface area contributed by atoms with Gasteiger partial charge in [-0.2, -0.15) is 5.10 Å². The summed E-state index contributed by atoms with van der Waals surface area (Å²) in [5.74, 6) is -1.87. The molecule has 0 bridgehead atoms. The first kappa shape index (κ1) is 31.4. The molecule has 2 fully saturated rings. The Morgan fingerprint density at radius 3 is 2.43 bits per heavy atom. The summed E-state index contributed by atoms with van der Waals surface area (Å²) in [7, 11) is 1.84. The van der Waals surface area contributed by atoms with E-state index in [2.05, 4.69) is 5.10 Å². The van der Waals surface area contributed by atoms with Gasteiger partial charge < -0.3 is 14.4 Å². The number of fused-ring (bicyclic) bond motifs is 2. The number of halogens is 1. The molecule has 2 aromatic carbocycles. The summed E-state index contributed by atoms with van der Waals surface area (Å²) in [6.45, 7) is 5.19. The summed E-state index contributed by atoms with van der Waals surface area (Å²) in [6.07, 6.45) is 5.83. The molecule has 0 N–H and O–H groups in total. The number of carbonyl (C=O) groups is 4. The second-order valence-electron chi connectivity index (χ2n) is 13.5. The Labute approximate surface area is 267 Å². The van der Waals surface area contributed by atoms with Crippen LogP contribution in [0.5, 0.6) is 0 Å². The van der Waals surface area contributed by atoms with E-state index in [-0.39, 0.29) is 30.3 Å². The molecule has 1 spiro atoms. The quantitative estimate of drug-likeness (QED) is 0.327. The van der Waals surface area contributed by atoms with Crippen molar-refractivity contribution in [3.05, 3.63) is 77.4 Å². The van der Waals surface area contributed by atoms with Crippen molar-refractivity contribution in [3.8, 4) is 11.1 Å². The summed E-state index contributed by atoms with van der Waals surface area (Å²) in [6, 6.07) is 11.4. The van der Waals surface area contributed by atoms with E-state index in [4.69, 9.17) is 9.47 Å². The summed E-state index contributed by atoms with van der Waals surface area (Å²) in [5, 5.41) is 4.23. The number of hydrogen-bond donors (Lipinski definition) is 0. The van der Waals surface area contributed by atoms with Gasteiger partial charge in [-0.05, 0) is 81.7 Å². The van der Waals surface area contributed by atoms with E-state index in [1.165, 1.54) is 12.1 Å². The second-order valence-corrected chi connectivity index (χ2v) is 13.5. The monoisotopic (exact) mass is 630 g/mol. The number of amides is 3. The summed E-state index contributed by atoms with van der Waals surface area (Å²) < 4.78 is 26.8. The molecule has 2 aliphatic carbocycles. The molecule has 1 saturated carbocycles. The van der Waals surface area contributed by atoms with Crippen LogP contribution in [-0.2, 0) is 49.5 Å². The highest BCUT2D eigenvalue weighted by molar-refractivity contribution is 6.06. The van der Waals surface area contributed by atoms with E-state index < -0.39 is 35.7 Å². The molecule has 1 aliphatic heterocycles. The lowest BCUT2D eigenvalue weighted by atomic mass is 9.85. The molecule has 1 atom stereocenters. The van der Waals surface area contributed by atoms with Crippen molar-refractivity contribution in [1.29, 1.82) is 0 Å². The minimum absolute atomic E-state index is 0.170. The minimum atomic E-state index is -1.46. The fourth-order valence-corrected chi connectivity index (χ4v) is 6.84. The van der Waals surface area contributed by atoms with Crippen molar-refractivity contribution < 1.29 is 33.0 Å². The van der Waals surface area contributed by atoms with E-state index in [1.807, 2.05) is 52.2 Å². The lowest BCUT2D eigenvalue weighted by molar-refractivity contribution is -0.161. The number of imide groups is 1. The molecule has 1 saturated heterocycles. The maximum absolute atomic E-state index is 14.0. The molecular formula is C35H39FN4O6. The largest absolute Gasteiger partial charge is 0.460 e. The standard InChI is InChI=1S/C35H39FN4O6/c1-34(2,3)45-31(42)23-7-12-28(13-8-23)39(19-22-5-10-27(36)11-6-22)30(41)21-40-32(43)35(46-33(40)44)16-15-25-17-24(9-14-29(25)35)26-18-37-38(4)20-26/h5-6,9-11,14,17-18,20,23,28H,7-8,12-13,15-16,19,21H2,1-4H3. The maximum Gasteiger partial charge on any atom is 0.418 e. The third-order valence-corrected chi connectivity index (χ3v) is 9.15. The van der Waals surface area contributed by atoms with E-state index in [9.17, 15) is 23.6 Å². The molecular weight excluding hydrogens is 591 g/mol. The first-order chi connectivity index (χ1) is 21.8. The van der Waals surface area contributed by atoms with Gasteiger partial charge in [-0.1, -0.05) is 30.3 Å². The fraction of sp³-hybridized carbons (Fsp3) is 0.457. The SMILES string of the molecule is Cn1cc(-c2ccc3c(c2)CCC32OC(=O)N(CC(=O)N(Cc3ccc(F)cc3)C3CCC(C(=O)OC(C)(C)C)CC3)C2=O)cn1. The molecule has 1 aromatic heterocycles. The van der Waals surface area contributed by atoms with Gasteiger partial charge in [-0.25, -0.2) is 14.1 Å². The number of hydrogen-bond acceptors (Lipinski definition) is 7. The molecule has 242 valence electrons. The fourth-order valence-electron chi connectivity index (χ4n) is 6.84. The first-order valence-corrected chi connectivity index (χ1v) is 15.8. The van der Waals surface area contributed by atoms with Gasteiger partial charge in [0.2, 0.25) is 11.5 Å². The maximum atomic E-state index is 14.0. The number of aromatic nitrogens is 2. The summed E-state index contributed by atoms with van der Waals surface area (Å²) in [5.41, 5.74) is 2.10. The van der Waals surface area contributed by atoms with Crippen LogP contribution in [0.4, 0.5) is 9.18 Å². The molecule has 0 radical (unpaired) electrons. The van der Waals surface area contributed by atoms with Crippen LogP contribution >= 0.6 is 0 Å². The highest BCUT2D eigenvalue weighted by Gasteiger charge is 2.58. The topological polar surface area (TPSA) is 111 Å². The zero-order chi connectivity index (χ0) is 32.8. The Morgan fingerprint density at radius 2 is 1.78 bits per heavy atom. The van der Waals surface area contributed by atoms with Crippen molar-refractivity contribution in [3.63, 3.8) is 0 Å². The molecule has 2 heterocycles. The lowest BCUT2D eigenvalue weighted by Gasteiger charge is -2.37. The predicted octanol–water partition coefficient (Wildman–Crippen LogP) is 5.28. The Morgan fingerprint density at radius 1 is 1.07 bits per heavy atom. The van der Waals surface area contributed by atoms with E-state index >= 15 is 0 Å². The molecule has 3 amide bonds. The van der Waals surface area contributed by atoms with Crippen LogP contribution in [0.15, 0.2) is 54.9 Å². The number of benzene rings is 2. The predicted molar refractivity (Wildman–Crippen MR) is 165 cm³/mol. The first-order valence-electron chi connectivity index (χ1n) is 15.8. The average molecular weight is 631 g/mol. The summed E-state index contributed by atoms with van der Waals surface area (Å²) >= 11 is 0. The van der Waals surface area contributed by atoms with Crippen molar-refractivity contribution in [1.82, 2.24) is 19.6 Å². The van der Waals surface area contributed by atoms with Crippen LogP contribution in [0.2, 0.25) is 0 Å². The van der Waals surface area contributed by atoms with Crippen LogP contribution in [0.1, 0.15) is 69.6 Å². The normalized spacial score (nSPS) is 22.6. The number of carbonyl (C=O) groups excluding carboxylic acids is 4. The molecule has 3 aromatic rings. The number of nitrogens with zero attached hydrogens (tertiary/aromatic N) is 4. The van der Waals surface area contributed by atoms with Gasteiger partial charge in [0.25, 0.3) is 5.91 Å². The molecule has 10 nitrogen and oxygen atoms in total. The minimum Gasteiger partial charge on any atom is -0.460 e. The van der Waals surface area contributed by atoms with Gasteiger partial charge in [-0.3, -0.25) is 19.1 Å². The highest BCUT2D eigenvalue weighted by Crippen LogP contribution is 2.46.